The quantitative estimate of drug-likeness (QED) is 0.758. The number of nitrogens with zero attached hydrogens (tertiary/aromatic N) is 3. The predicted molar refractivity (Wildman–Crippen MR) is 68.8 cm³/mol. The molecule has 0 aliphatic carbocycles. The van der Waals surface area contributed by atoms with Gasteiger partial charge in [0.2, 0.25) is 5.91 Å². The van der Waals surface area contributed by atoms with Crippen LogP contribution in [0.5, 0.6) is 0 Å². The number of aromatic carboxylic acids is 1. The molecule has 0 fully saturated rings. The summed E-state index contributed by atoms with van der Waals surface area (Å²) in [6, 6.07) is 0. The van der Waals surface area contributed by atoms with Gasteiger partial charge in [-0.05, 0) is 19.3 Å². The van der Waals surface area contributed by atoms with Crippen molar-refractivity contribution in [1.82, 2.24) is 20.3 Å². The van der Waals surface area contributed by atoms with Crippen LogP contribution < -0.4 is 5.32 Å². The van der Waals surface area contributed by atoms with E-state index in [1.165, 1.54) is 4.68 Å². The molecule has 0 radical (unpaired) electrons. The number of hydrogen-bond acceptors (Lipinski definition) is 4. The summed E-state index contributed by atoms with van der Waals surface area (Å²) in [6.45, 7) is 6.75. The first-order chi connectivity index (χ1) is 8.95. The van der Waals surface area contributed by atoms with Crippen LogP contribution in [0.4, 0.5) is 0 Å². The number of rotatable bonds is 7. The van der Waals surface area contributed by atoms with Crippen molar-refractivity contribution in [2.24, 2.45) is 5.92 Å². The Morgan fingerprint density at radius 1 is 1.42 bits per heavy atom. The maximum atomic E-state index is 11.4. The second kappa shape index (κ2) is 6.86. The highest BCUT2D eigenvalue weighted by atomic mass is 16.4. The van der Waals surface area contributed by atoms with Gasteiger partial charge in [0.05, 0.1) is 12.2 Å². The summed E-state index contributed by atoms with van der Waals surface area (Å²) >= 11 is 0. The fraction of sp³-hybridized carbons (Fsp3) is 0.667. The van der Waals surface area contributed by atoms with Crippen LogP contribution in [0, 0.1) is 5.92 Å². The minimum absolute atomic E-state index is 0.0235. The number of carbonyl (C=O) groups is 2. The molecule has 1 aromatic heterocycles. The zero-order valence-electron chi connectivity index (χ0n) is 11.5. The molecule has 0 unspecified atom stereocenters. The van der Waals surface area contributed by atoms with Crippen LogP contribution in [0.25, 0.3) is 0 Å². The summed E-state index contributed by atoms with van der Waals surface area (Å²) in [7, 11) is 0. The Kier molecular flexibility index (Phi) is 5.47. The van der Waals surface area contributed by atoms with E-state index in [4.69, 9.17) is 5.11 Å². The van der Waals surface area contributed by atoms with E-state index in [0.29, 0.717) is 31.1 Å². The molecular weight excluding hydrogens is 248 g/mol. The van der Waals surface area contributed by atoms with E-state index in [2.05, 4.69) is 15.6 Å². The molecule has 0 saturated heterocycles. The highest BCUT2D eigenvalue weighted by Crippen LogP contribution is 2.12. The highest BCUT2D eigenvalue weighted by Gasteiger charge is 2.19. The van der Waals surface area contributed by atoms with Gasteiger partial charge in [-0.3, -0.25) is 4.79 Å². The molecule has 1 aromatic rings. The Balaban J connectivity index is 2.82. The molecule has 7 nitrogen and oxygen atoms in total. The van der Waals surface area contributed by atoms with E-state index in [9.17, 15) is 9.59 Å². The third-order valence-corrected chi connectivity index (χ3v) is 2.57. The summed E-state index contributed by atoms with van der Waals surface area (Å²) < 4.78 is 1.51. The smallest absolute Gasteiger partial charge is 0.358 e. The van der Waals surface area contributed by atoms with Crippen molar-refractivity contribution >= 4 is 11.9 Å². The zero-order valence-corrected chi connectivity index (χ0v) is 11.5. The monoisotopic (exact) mass is 268 g/mol. The van der Waals surface area contributed by atoms with Gasteiger partial charge >= 0.3 is 5.97 Å². The average Bonchev–Trinajstić information content (AvgIpc) is 2.69. The molecule has 7 heteroatoms. The molecule has 0 saturated carbocycles. The number of carboxylic acids is 1. The molecule has 0 aliphatic rings. The first kappa shape index (κ1) is 15.1. The van der Waals surface area contributed by atoms with Crippen LogP contribution in [0.1, 0.15) is 43.4 Å². The van der Waals surface area contributed by atoms with E-state index in [1.807, 2.05) is 20.8 Å². The number of hydrogen-bond donors (Lipinski definition) is 2. The number of aromatic nitrogens is 3. The number of nitrogens with one attached hydrogen (secondary N) is 1. The molecule has 0 atom stereocenters. The maximum Gasteiger partial charge on any atom is 0.358 e. The fourth-order valence-corrected chi connectivity index (χ4v) is 1.76. The van der Waals surface area contributed by atoms with Gasteiger partial charge in [-0.1, -0.05) is 19.1 Å². The SMILES string of the molecule is CCNC(=O)CCn1nnc(C(=O)O)c1CC(C)C. The summed E-state index contributed by atoms with van der Waals surface area (Å²) in [5, 5.41) is 19.2. The van der Waals surface area contributed by atoms with Gasteiger partial charge in [0.1, 0.15) is 0 Å². The molecule has 106 valence electrons. The standard InChI is InChI=1S/C12H20N4O3/c1-4-13-10(17)5-6-16-9(7-8(2)3)11(12(18)19)14-15-16/h8H,4-7H2,1-3H3,(H,13,17)(H,18,19). The van der Waals surface area contributed by atoms with Crippen molar-refractivity contribution in [2.75, 3.05) is 6.54 Å². The third-order valence-electron chi connectivity index (χ3n) is 2.57. The first-order valence-corrected chi connectivity index (χ1v) is 6.38. The Hall–Kier alpha value is -1.92. The molecular formula is C12H20N4O3. The van der Waals surface area contributed by atoms with Gasteiger partial charge in [-0.2, -0.15) is 0 Å². The minimum Gasteiger partial charge on any atom is -0.476 e. The molecule has 1 amide bonds. The minimum atomic E-state index is -1.08. The second-order valence-electron chi connectivity index (χ2n) is 4.71. The molecule has 0 spiro atoms. The van der Waals surface area contributed by atoms with Crippen LogP contribution >= 0.6 is 0 Å². The topological polar surface area (TPSA) is 97.1 Å². The molecule has 1 heterocycles. The first-order valence-electron chi connectivity index (χ1n) is 6.38. The fourth-order valence-electron chi connectivity index (χ4n) is 1.76. The van der Waals surface area contributed by atoms with Gasteiger partial charge in [-0.15, -0.1) is 5.10 Å². The number of aryl methyl sites for hydroxylation is 1. The molecule has 19 heavy (non-hydrogen) atoms. The maximum absolute atomic E-state index is 11.4. The summed E-state index contributed by atoms with van der Waals surface area (Å²) in [4.78, 5) is 22.5. The highest BCUT2D eigenvalue weighted by molar-refractivity contribution is 5.86. The Labute approximate surface area is 112 Å². The van der Waals surface area contributed by atoms with Crippen molar-refractivity contribution in [1.29, 1.82) is 0 Å². The van der Waals surface area contributed by atoms with Gasteiger partial charge in [0.25, 0.3) is 0 Å². The predicted octanol–water partition coefficient (Wildman–Crippen LogP) is 0.701. The molecule has 2 N–H and O–H groups in total. The van der Waals surface area contributed by atoms with Crippen molar-refractivity contribution in [3.63, 3.8) is 0 Å². The van der Waals surface area contributed by atoms with Crippen molar-refractivity contribution in [3.05, 3.63) is 11.4 Å². The largest absolute Gasteiger partial charge is 0.476 e. The van der Waals surface area contributed by atoms with E-state index >= 15 is 0 Å². The average molecular weight is 268 g/mol. The summed E-state index contributed by atoms with van der Waals surface area (Å²) in [6.07, 6.45) is 0.839. The lowest BCUT2D eigenvalue weighted by atomic mass is 10.1. The van der Waals surface area contributed by atoms with E-state index in [0.717, 1.165) is 0 Å². The summed E-state index contributed by atoms with van der Waals surface area (Å²) in [5.74, 6) is -0.870. The van der Waals surface area contributed by atoms with Crippen molar-refractivity contribution in [2.45, 2.75) is 40.2 Å². The van der Waals surface area contributed by atoms with E-state index in [1.54, 1.807) is 0 Å². The lowest BCUT2D eigenvalue weighted by Crippen LogP contribution is -2.24. The Morgan fingerprint density at radius 3 is 2.63 bits per heavy atom. The van der Waals surface area contributed by atoms with Gasteiger partial charge in [-0.25, -0.2) is 9.48 Å². The normalized spacial score (nSPS) is 10.7. The van der Waals surface area contributed by atoms with Crippen LogP contribution in [0.2, 0.25) is 0 Å². The molecule has 0 bridgehead atoms. The summed E-state index contributed by atoms with van der Waals surface area (Å²) in [5.41, 5.74) is 0.552. The van der Waals surface area contributed by atoms with Crippen LogP contribution in [-0.2, 0) is 17.8 Å². The second-order valence-corrected chi connectivity index (χ2v) is 4.71. The van der Waals surface area contributed by atoms with Crippen molar-refractivity contribution in [3.8, 4) is 0 Å². The number of carboxylic acid groups (broad SMARTS) is 1. The lowest BCUT2D eigenvalue weighted by molar-refractivity contribution is -0.121. The molecule has 0 aliphatic heterocycles. The van der Waals surface area contributed by atoms with Crippen LogP contribution in [0.15, 0.2) is 0 Å². The van der Waals surface area contributed by atoms with E-state index < -0.39 is 5.97 Å². The number of amides is 1. The Morgan fingerprint density at radius 2 is 2.11 bits per heavy atom. The van der Waals surface area contributed by atoms with Crippen LogP contribution in [0.3, 0.4) is 0 Å². The van der Waals surface area contributed by atoms with Crippen LogP contribution in [-0.4, -0.2) is 38.5 Å². The van der Waals surface area contributed by atoms with Gasteiger partial charge in [0, 0.05) is 13.0 Å². The lowest BCUT2D eigenvalue weighted by Gasteiger charge is -2.09. The third kappa shape index (κ3) is 4.35. The Bertz CT molecular complexity index is 454. The number of carbonyl (C=O) groups excluding carboxylic acids is 1. The van der Waals surface area contributed by atoms with Gasteiger partial charge in [0.15, 0.2) is 5.69 Å². The van der Waals surface area contributed by atoms with Crippen molar-refractivity contribution < 1.29 is 14.7 Å². The molecule has 1 rings (SSSR count). The zero-order chi connectivity index (χ0) is 14.4. The molecule has 0 aromatic carbocycles. The van der Waals surface area contributed by atoms with Gasteiger partial charge < -0.3 is 10.4 Å². The van der Waals surface area contributed by atoms with E-state index in [-0.39, 0.29) is 18.0 Å².